The second-order valence-electron chi connectivity index (χ2n) is 18.3. The van der Waals surface area contributed by atoms with E-state index in [0.717, 1.165) is 24.8 Å². The number of carbonyl (C=O) groups excluding carboxylic acids is 5. The Hall–Kier alpha value is -4.17. The van der Waals surface area contributed by atoms with Crippen molar-refractivity contribution in [3.63, 3.8) is 0 Å². The van der Waals surface area contributed by atoms with Gasteiger partial charge in [0.05, 0.1) is 42.9 Å². The number of rotatable bonds is 21. The van der Waals surface area contributed by atoms with Crippen LogP contribution in [0, 0.1) is 23.7 Å². The summed E-state index contributed by atoms with van der Waals surface area (Å²) in [5, 5.41) is 21.2. The molecule has 4 rings (SSSR count). The Morgan fingerprint density at radius 3 is 2.06 bits per heavy atom. The molecule has 1 saturated carbocycles. The molecule has 0 radical (unpaired) electrons. The molecule has 0 bridgehead atoms. The summed E-state index contributed by atoms with van der Waals surface area (Å²) in [7, 11) is 6.60. The standard InChI is InChI=1S/C44H72N6O8.C2HF3O2/c1-12-28(6)38(49(9)42(54)37(27(4)5)47-41(53)36(45-8)26(2)3)35(56-10)24-34(51)32-20-21-33(46-32)39(57-11)29(7)40(52)48-44(43(55)50-22-16-17-23-58-50)25-31(44)30-18-14-13-15-19-30;3-2(4,5)1(6)7/h13-15,18-19,26-29,31-33,35-39,45-46H,12,16-17,20-25H2,1-11H3,(H,47,53)(H,48,52);(H,6,7)/t28-,29+,31+,32?,33-,35+,36-,37-,38-,39+,44-;/m0./s1. The Labute approximate surface area is 381 Å². The minimum atomic E-state index is -5.08. The average Bonchev–Trinajstić information content (AvgIpc) is 3.79. The summed E-state index contributed by atoms with van der Waals surface area (Å²) >= 11 is 0. The molecule has 11 atom stereocenters. The van der Waals surface area contributed by atoms with Gasteiger partial charge >= 0.3 is 12.1 Å². The molecule has 5 N–H and O–H groups in total. The van der Waals surface area contributed by atoms with E-state index >= 15 is 0 Å². The molecule has 3 aliphatic rings. The Morgan fingerprint density at radius 2 is 1.57 bits per heavy atom. The fourth-order valence-electron chi connectivity index (χ4n) is 9.06. The number of nitrogens with zero attached hydrogens (tertiary/aromatic N) is 2. The molecule has 19 heteroatoms. The first-order chi connectivity index (χ1) is 30.5. The molecule has 1 unspecified atom stereocenters. The number of carboxylic acid groups (broad SMARTS) is 1. The maximum Gasteiger partial charge on any atom is 0.490 e. The van der Waals surface area contributed by atoms with Crippen LogP contribution in [0.25, 0.3) is 0 Å². The van der Waals surface area contributed by atoms with Gasteiger partial charge < -0.3 is 40.7 Å². The highest BCUT2D eigenvalue weighted by Gasteiger charge is 2.64. The second kappa shape index (κ2) is 24.6. The highest BCUT2D eigenvalue weighted by Crippen LogP contribution is 2.53. The average molecular weight is 927 g/mol. The number of nitrogens with one attached hydrogen (secondary N) is 4. The van der Waals surface area contributed by atoms with E-state index in [9.17, 15) is 37.1 Å². The Morgan fingerprint density at radius 1 is 0.954 bits per heavy atom. The number of hydrogen-bond donors (Lipinski definition) is 5. The first kappa shape index (κ1) is 55.2. The van der Waals surface area contributed by atoms with Crippen LogP contribution in [0.1, 0.15) is 105 Å². The molecule has 2 aliphatic heterocycles. The first-order valence-corrected chi connectivity index (χ1v) is 22.7. The molecule has 3 fully saturated rings. The van der Waals surface area contributed by atoms with Gasteiger partial charge in [-0.3, -0.25) is 28.8 Å². The van der Waals surface area contributed by atoms with Crippen molar-refractivity contribution in [1.82, 2.24) is 31.2 Å². The lowest BCUT2D eigenvalue weighted by molar-refractivity contribution is -0.200. The highest BCUT2D eigenvalue weighted by molar-refractivity contribution is 5.96. The smallest absolute Gasteiger partial charge is 0.475 e. The third-order valence-corrected chi connectivity index (χ3v) is 13.1. The number of carbonyl (C=O) groups is 6. The van der Waals surface area contributed by atoms with Gasteiger partial charge in [0.15, 0.2) is 5.78 Å². The van der Waals surface area contributed by atoms with Crippen molar-refractivity contribution in [3.05, 3.63) is 35.9 Å². The van der Waals surface area contributed by atoms with E-state index in [4.69, 9.17) is 24.2 Å². The van der Waals surface area contributed by atoms with Crippen molar-refractivity contribution in [2.24, 2.45) is 23.7 Å². The molecule has 4 amide bonds. The van der Waals surface area contributed by atoms with E-state index in [1.807, 2.05) is 71.9 Å². The van der Waals surface area contributed by atoms with E-state index in [1.165, 1.54) is 5.06 Å². The summed E-state index contributed by atoms with van der Waals surface area (Å²) in [5.74, 6) is -4.76. The zero-order valence-corrected chi connectivity index (χ0v) is 39.8. The van der Waals surface area contributed by atoms with Gasteiger partial charge in [0.25, 0.3) is 5.91 Å². The Balaban J connectivity index is 0.00000148. The van der Waals surface area contributed by atoms with E-state index in [2.05, 4.69) is 21.3 Å². The molecule has 368 valence electrons. The third kappa shape index (κ3) is 14.2. The number of ether oxygens (including phenoxy) is 2. The summed E-state index contributed by atoms with van der Waals surface area (Å²) in [6, 6.07) is 7.33. The summed E-state index contributed by atoms with van der Waals surface area (Å²) in [5.41, 5.74) is -0.122. The fourth-order valence-corrected chi connectivity index (χ4v) is 9.06. The number of Topliss-reactive ketones (excluding diaryl/α,β-unsaturated/α-hetero) is 1. The van der Waals surface area contributed by atoms with Crippen LogP contribution in [0.15, 0.2) is 30.3 Å². The number of halogens is 3. The number of alkyl halides is 3. The normalized spacial score (nSPS) is 24.1. The van der Waals surface area contributed by atoms with Crippen LogP contribution < -0.4 is 21.3 Å². The molecule has 65 heavy (non-hydrogen) atoms. The van der Waals surface area contributed by atoms with E-state index in [1.54, 1.807) is 40.1 Å². The van der Waals surface area contributed by atoms with Crippen LogP contribution in [0.2, 0.25) is 0 Å². The van der Waals surface area contributed by atoms with Crippen molar-refractivity contribution in [2.75, 3.05) is 41.5 Å². The van der Waals surface area contributed by atoms with Crippen LogP contribution in [0.4, 0.5) is 13.2 Å². The molecule has 16 nitrogen and oxygen atoms in total. The number of methoxy groups -OCH3 is 2. The van der Waals surface area contributed by atoms with Crippen molar-refractivity contribution < 1.29 is 61.4 Å². The number of aliphatic carboxylic acids is 1. The number of ketones is 1. The molecule has 2 saturated heterocycles. The van der Waals surface area contributed by atoms with Gasteiger partial charge in [-0.05, 0) is 62.5 Å². The SMILES string of the molecule is CC[C@H](C)[C@@H]([C@@H](CC(=O)C1CC[C@@H]([C@H](OC)[C@@H](C)C(=O)N[C@@]2(C(=O)N3CCCCO3)C[C@@H]2c2ccccc2)N1)OC)N(C)C(=O)[C@@H](NC(=O)[C@@H](NC)C(C)C)C(C)C.O=C(O)C(F)(F)F. The molecule has 1 aliphatic carbocycles. The van der Waals surface area contributed by atoms with Crippen LogP contribution in [-0.2, 0) is 43.1 Å². The number of hydroxylamine groups is 2. The lowest BCUT2D eigenvalue weighted by Gasteiger charge is -2.40. The minimum absolute atomic E-state index is 0.0120. The number of amides is 4. The highest BCUT2D eigenvalue weighted by atomic mass is 19.4. The van der Waals surface area contributed by atoms with Crippen LogP contribution in [0.5, 0.6) is 0 Å². The van der Waals surface area contributed by atoms with Gasteiger partial charge in [-0.1, -0.05) is 85.2 Å². The van der Waals surface area contributed by atoms with Crippen LogP contribution >= 0.6 is 0 Å². The van der Waals surface area contributed by atoms with Crippen molar-refractivity contribution >= 4 is 35.4 Å². The van der Waals surface area contributed by atoms with Crippen molar-refractivity contribution in [1.29, 1.82) is 0 Å². The second-order valence-corrected chi connectivity index (χ2v) is 18.3. The van der Waals surface area contributed by atoms with E-state index in [-0.39, 0.29) is 65.5 Å². The van der Waals surface area contributed by atoms with Crippen LogP contribution in [0.3, 0.4) is 0 Å². The molecule has 1 aromatic carbocycles. The first-order valence-electron chi connectivity index (χ1n) is 22.7. The summed E-state index contributed by atoms with van der Waals surface area (Å²) in [6.45, 7) is 14.6. The predicted octanol–water partition coefficient (Wildman–Crippen LogP) is 4.22. The predicted molar refractivity (Wildman–Crippen MR) is 236 cm³/mol. The lowest BCUT2D eigenvalue weighted by atomic mass is 9.88. The van der Waals surface area contributed by atoms with Crippen LogP contribution in [-0.4, -0.2) is 146 Å². The van der Waals surface area contributed by atoms with Gasteiger partial charge in [0, 0.05) is 46.2 Å². The van der Waals surface area contributed by atoms with Crippen molar-refractivity contribution in [2.45, 2.75) is 153 Å². The topological polar surface area (TPSA) is 205 Å². The summed E-state index contributed by atoms with van der Waals surface area (Å²) in [6.07, 6.45) is -2.08. The third-order valence-electron chi connectivity index (χ3n) is 13.1. The Bertz CT molecular complexity index is 1750. The molecular formula is C46H73F3N6O10. The van der Waals surface area contributed by atoms with Gasteiger partial charge in [0.2, 0.25) is 17.7 Å². The number of hydrogen-bond acceptors (Lipinski definition) is 11. The monoisotopic (exact) mass is 927 g/mol. The zero-order valence-electron chi connectivity index (χ0n) is 39.8. The number of carboxylic acids is 1. The molecule has 2 heterocycles. The largest absolute Gasteiger partial charge is 0.490 e. The molecular weight excluding hydrogens is 854 g/mol. The summed E-state index contributed by atoms with van der Waals surface area (Å²) in [4.78, 5) is 85.7. The van der Waals surface area contributed by atoms with E-state index < -0.39 is 60.0 Å². The van der Waals surface area contributed by atoms with E-state index in [0.29, 0.717) is 32.4 Å². The van der Waals surface area contributed by atoms with Gasteiger partial charge in [0.1, 0.15) is 11.6 Å². The number of benzene rings is 1. The van der Waals surface area contributed by atoms with Crippen molar-refractivity contribution in [3.8, 4) is 0 Å². The molecule has 1 aromatic rings. The van der Waals surface area contributed by atoms with Gasteiger partial charge in [-0.2, -0.15) is 13.2 Å². The molecule has 0 spiro atoms. The maximum atomic E-state index is 14.2. The number of likely N-dealkylation sites (N-methyl/N-ethyl adjacent to an activating group) is 2. The summed E-state index contributed by atoms with van der Waals surface area (Å²) < 4.78 is 43.7. The maximum absolute atomic E-state index is 14.2. The minimum Gasteiger partial charge on any atom is -0.475 e. The fraction of sp³-hybridized carbons (Fsp3) is 0.739. The Kier molecular flexibility index (Phi) is 20.8. The van der Waals surface area contributed by atoms with Gasteiger partial charge in [-0.15, -0.1) is 0 Å². The van der Waals surface area contributed by atoms with Gasteiger partial charge in [-0.25, -0.2) is 9.86 Å². The quantitative estimate of drug-likeness (QED) is 0.118. The lowest BCUT2D eigenvalue weighted by Crippen LogP contribution is -2.59. The zero-order chi connectivity index (χ0) is 49.0. The molecule has 0 aromatic heterocycles.